The van der Waals surface area contributed by atoms with Gasteiger partial charge in [0.05, 0.1) is 6.54 Å². The first-order chi connectivity index (χ1) is 9.63. The summed E-state index contributed by atoms with van der Waals surface area (Å²) in [5, 5.41) is 4.65. The average Bonchev–Trinajstić information content (AvgIpc) is 2.89. The van der Waals surface area contributed by atoms with Crippen LogP contribution in [0.25, 0.3) is 0 Å². The lowest BCUT2D eigenvalue weighted by atomic mass is 10.2. The van der Waals surface area contributed by atoms with Crippen LogP contribution in [0.1, 0.15) is 10.4 Å². The number of hydrogen-bond donors (Lipinski definition) is 1. The third-order valence-electron chi connectivity index (χ3n) is 2.55. The predicted molar refractivity (Wildman–Crippen MR) is 79.3 cm³/mol. The van der Waals surface area contributed by atoms with E-state index in [0.717, 1.165) is 4.88 Å². The molecule has 1 heterocycles. The van der Waals surface area contributed by atoms with Crippen molar-refractivity contribution in [3.63, 3.8) is 0 Å². The molecule has 1 atom stereocenters. The summed E-state index contributed by atoms with van der Waals surface area (Å²) < 4.78 is 24.8. The zero-order chi connectivity index (χ0) is 14.4. The molecule has 0 aliphatic heterocycles. The molecule has 0 aliphatic carbocycles. The molecule has 1 unspecified atom stereocenters. The van der Waals surface area contributed by atoms with Gasteiger partial charge < -0.3 is 5.32 Å². The molecule has 3 nitrogen and oxygen atoms in total. The number of rotatable bonds is 6. The monoisotopic (exact) mass is 311 g/mol. The Bertz CT molecular complexity index is 599. The van der Waals surface area contributed by atoms with E-state index in [1.165, 1.54) is 12.1 Å². The highest BCUT2D eigenvalue weighted by Crippen LogP contribution is 2.08. The molecule has 1 aromatic heterocycles. The Balaban J connectivity index is 1.77. The van der Waals surface area contributed by atoms with Gasteiger partial charge >= 0.3 is 0 Å². The minimum absolute atomic E-state index is 0.0676. The van der Waals surface area contributed by atoms with Gasteiger partial charge in [-0.1, -0.05) is 18.2 Å². The van der Waals surface area contributed by atoms with Crippen LogP contribution in [0.3, 0.4) is 0 Å². The van der Waals surface area contributed by atoms with Crippen molar-refractivity contribution in [1.82, 2.24) is 5.32 Å². The quantitative estimate of drug-likeness (QED) is 0.891. The van der Waals surface area contributed by atoms with E-state index in [2.05, 4.69) is 5.32 Å². The summed E-state index contributed by atoms with van der Waals surface area (Å²) in [6, 6.07) is 9.77. The number of hydrogen-bond acceptors (Lipinski definition) is 3. The summed E-state index contributed by atoms with van der Waals surface area (Å²) in [4.78, 5) is 12.7. The largest absolute Gasteiger partial charge is 0.350 e. The molecule has 1 N–H and O–H groups in total. The first-order valence-electron chi connectivity index (χ1n) is 6.02. The maximum atomic E-state index is 13.0. The molecular formula is C14H14FNO2S2. The third kappa shape index (κ3) is 4.86. The van der Waals surface area contributed by atoms with Gasteiger partial charge in [0.2, 0.25) is 5.91 Å². The van der Waals surface area contributed by atoms with Crippen molar-refractivity contribution < 1.29 is 13.4 Å². The molecule has 1 amide bonds. The van der Waals surface area contributed by atoms with Crippen molar-refractivity contribution >= 4 is 28.0 Å². The lowest BCUT2D eigenvalue weighted by Crippen LogP contribution is -2.27. The van der Waals surface area contributed by atoms with E-state index in [-0.39, 0.29) is 23.2 Å². The summed E-state index contributed by atoms with van der Waals surface area (Å²) in [7, 11) is -1.33. The Kier molecular flexibility index (Phi) is 5.43. The zero-order valence-electron chi connectivity index (χ0n) is 10.7. The number of halogens is 1. The third-order valence-corrected chi connectivity index (χ3v) is 4.66. The molecule has 1 aromatic carbocycles. The molecule has 0 radical (unpaired) electrons. The smallest absolute Gasteiger partial charge is 0.232 e. The first-order valence-corrected chi connectivity index (χ1v) is 8.39. The van der Waals surface area contributed by atoms with Gasteiger partial charge in [0, 0.05) is 21.4 Å². The molecule has 106 valence electrons. The maximum Gasteiger partial charge on any atom is 0.232 e. The molecule has 0 aliphatic rings. The van der Waals surface area contributed by atoms with Crippen LogP contribution in [-0.4, -0.2) is 15.9 Å². The lowest BCUT2D eigenvalue weighted by Gasteiger charge is -2.04. The van der Waals surface area contributed by atoms with E-state index in [9.17, 15) is 13.4 Å². The van der Waals surface area contributed by atoms with Gasteiger partial charge in [-0.05, 0) is 29.1 Å². The SMILES string of the molecule is O=C(CS(=O)Cc1cccc(F)c1)NCc1cccs1. The number of amides is 1. The fourth-order valence-electron chi connectivity index (χ4n) is 1.66. The fourth-order valence-corrected chi connectivity index (χ4v) is 3.35. The van der Waals surface area contributed by atoms with Crippen LogP contribution < -0.4 is 5.32 Å². The van der Waals surface area contributed by atoms with Crippen LogP contribution in [-0.2, 0) is 27.9 Å². The average molecular weight is 311 g/mol. The fraction of sp³-hybridized carbons (Fsp3) is 0.214. The van der Waals surface area contributed by atoms with Gasteiger partial charge in [-0.25, -0.2) is 4.39 Å². The molecule has 0 fully saturated rings. The minimum Gasteiger partial charge on any atom is -0.350 e. The van der Waals surface area contributed by atoms with Gasteiger partial charge in [-0.3, -0.25) is 9.00 Å². The number of carbonyl (C=O) groups excluding carboxylic acids is 1. The van der Waals surface area contributed by atoms with E-state index >= 15 is 0 Å². The molecule has 0 saturated heterocycles. The van der Waals surface area contributed by atoms with E-state index in [1.54, 1.807) is 23.5 Å². The van der Waals surface area contributed by atoms with Crippen LogP contribution in [0.15, 0.2) is 41.8 Å². The Morgan fingerprint density at radius 1 is 1.30 bits per heavy atom. The van der Waals surface area contributed by atoms with Crippen molar-refractivity contribution in [3.05, 3.63) is 58.0 Å². The van der Waals surface area contributed by atoms with Crippen molar-refractivity contribution in [2.24, 2.45) is 0 Å². The highest BCUT2D eigenvalue weighted by Gasteiger charge is 2.09. The van der Waals surface area contributed by atoms with E-state index in [4.69, 9.17) is 0 Å². The van der Waals surface area contributed by atoms with Gasteiger partial charge in [-0.15, -0.1) is 11.3 Å². The number of benzene rings is 1. The van der Waals surface area contributed by atoms with Gasteiger partial charge in [0.1, 0.15) is 11.6 Å². The minimum atomic E-state index is -1.33. The molecule has 0 bridgehead atoms. The predicted octanol–water partition coefficient (Wildman–Crippen LogP) is 2.45. The summed E-state index contributed by atoms with van der Waals surface area (Å²) in [6.45, 7) is 0.452. The van der Waals surface area contributed by atoms with Gasteiger partial charge in [0.25, 0.3) is 0 Å². The molecule has 2 rings (SSSR count). The number of thiophene rings is 1. The summed E-state index contributed by atoms with van der Waals surface area (Å²) in [5.41, 5.74) is 0.634. The Morgan fingerprint density at radius 2 is 2.15 bits per heavy atom. The highest BCUT2D eigenvalue weighted by molar-refractivity contribution is 7.84. The maximum absolute atomic E-state index is 13.0. The highest BCUT2D eigenvalue weighted by atomic mass is 32.2. The van der Waals surface area contributed by atoms with Gasteiger partial charge in [0.15, 0.2) is 0 Å². The molecule has 2 aromatic rings. The van der Waals surface area contributed by atoms with Crippen molar-refractivity contribution in [3.8, 4) is 0 Å². The van der Waals surface area contributed by atoms with E-state index < -0.39 is 10.8 Å². The second-order valence-electron chi connectivity index (χ2n) is 4.21. The van der Waals surface area contributed by atoms with Crippen LogP contribution >= 0.6 is 11.3 Å². The molecule has 0 saturated carbocycles. The normalized spacial score (nSPS) is 12.1. The number of nitrogens with one attached hydrogen (secondary N) is 1. The van der Waals surface area contributed by atoms with Gasteiger partial charge in [-0.2, -0.15) is 0 Å². The van der Waals surface area contributed by atoms with E-state index in [0.29, 0.717) is 12.1 Å². The molecule has 20 heavy (non-hydrogen) atoms. The molecule has 6 heteroatoms. The summed E-state index contributed by atoms with van der Waals surface area (Å²) in [6.07, 6.45) is 0. The van der Waals surface area contributed by atoms with Crippen molar-refractivity contribution in [2.45, 2.75) is 12.3 Å². The van der Waals surface area contributed by atoms with Crippen molar-refractivity contribution in [2.75, 3.05) is 5.75 Å². The second kappa shape index (κ2) is 7.31. The van der Waals surface area contributed by atoms with Crippen LogP contribution in [0.5, 0.6) is 0 Å². The standard InChI is InChI=1S/C14H14FNO2S2/c15-12-4-1-3-11(7-12)9-20(18)10-14(17)16-8-13-5-2-6-19-13/h1-7H,8-10H2,(H,16,17). The summed E-state index contributed by atoms with van der Waals surface area (Å²) >= 11 is 1.56. The molecular weight excluding hydrogens is 297 g/mol. The summed E-state index contributed by atoms with van der Waals surface area (Å²) in [5.74, 6) is -0.499. The van der Waals surface area contributed by atoms with Crippen LogP contribution in [0.2, 0.25) is 0 Å². The Morgan fingerprint density at radius 3 is 2.85 bits per heavy atom. The first kappa shape index (κ1) is 14.9. The lowest BCUT2D eigenvalue weighted by molar-refractivity contribution is -0.118. The second-order valence-corrected chi connectivity index (χ2v) is 6.70. The Hall–Kier alpha value is -1.53. The zero-order valence-corrected chi connectivity index (χ0v) is 12.3. The van der Waals surface area contributed by atoms with Crippen molar-refractivity contribution in [1.29, 1.82) is 0 Å². The number of carbonyl (C=O) groups is 1. The van der Waals surface area contributed by atoms with Crippen LogP contribution in [0, 0.1) is 5.82 Å². The Labute approximate surface area is 123 Å². The van der Waals surface area contributed by atoms with Crippen LogP contribution in [0.4, 0.5) is 4.39 Å². The topological polar surface area (TPSA) is 46.2 Å². The molecule has 0 spiro atoms. The van der Waals surface area contributed by atoms with E-state index in [1.807, 2.05) is 17.5 Å².